The van der Waals surface area contributed by atoms with Gasteiger partial charge in [0.2, 0.25) is 0 Å². The van der Waals surface area contributed by atoms with Crippen LogP contribution in [0, 0.1) is 5.92 Å². The molecule has 0 N–H and O–H groups in total. The van der Waals surface area contributed by atoms with Crippen LogP contribution in [0.25, 0.3) is 0 Å². The Morgan fingerprint density at radius 2 is 1.39 bits per heavy atom. The lowest BCUT2D eigenvalue weighted by molar-refractivity contribution is 0.0403. The summed E-state index contributed by atoms with van der Waals surface area (Å²) < 4.78 is 10.6. The van der Waals surface area contributed by atoms with Gasteiger partial charge in [-0.3, -0.25) is 0 Å². The minimum Gasteiger partial charge on any atom is -0.462 e. The Kier molecular flexibility index (Phi) is 9.03. The van der Waals surface area contributed by atoms with Crippen molar-refractivity contribution < 1.29 is 19.1 Å². The summed E-state index contributed by atoms with van der Waals surface area (Å²) in [5, 5.41) is 0. The summed E-state index contributed by atoms with van der Waals surface area (Å²) in [5.74, 6) is -0.544. The van der Waals surface area contributed by atoms with E-state index in [9.17, 15) is 9.59 Å². The van der Waals surface area contributed by atoms with E-state index in [4.69, 9.17) is 9.47 Å². The number of ether oxygens (including phenoxy) is 2. The Labute approximate surface area is 139 Å². The van der Waals surface area contributed by atoms with Gasteiger partial charge >= 0.3 is 11.9 Å². The largest absolute Gasteiger partial charge is 0.462 e. The van der Waals surface area contributed by atoms with Gasteiger partial charge in [-0.15, -0.1) is 0 Å². The quantitative estimate of drug-likeness (QED) is 0.590. The van der Waals surface area contributed by atoms with E-state index in [2.05, 4.69) is 13.8 Å². The zero-order valence-electron chi connectivity index (χ0n) is 14.5. The molecule has 128 valence electrons. The molecule has 0 aliphatic heterocycles. The monoisotopic (exact) mass is 320 g/mol. The predicted octanol–water partition coefficient (Wildman–Crippen LogP) is 4.63. The van der Waals surface area contributed by atoms with Crippen LogP contribution in [0.15, 0.2) is 24.3 Å². The molecule has 0 aromatic heterocycles. The van der Waals surface area contributed by atoms with E-state index in [1.165, 1.54) is 0 Å². The van der Waals surface area contributed by atoms with Gasteiger partial charge in [-0.1, -0.05) is 45.7 Å². The Balaban J connectivity index is 2.73. The molecular weight excluding hydrogens is 292 g/mol. The predicted molar refractivity (Wildman–Crippen MR) is 90.6 cm³/mol. The summed E-state index contributed by atoms with van der Waals surface area (Å²) in [4.78, 5) is 24.4. The minimum absolute atomic E-state index is 0.272. The topological polar surface area (TPSA) is 52.6 Å². The molecule has 0 saturated heterocycles. The van der Waals surface area contributed by atoms with Gasteiger partial charge in [-0.25, -0.2) is 9.59 Å². The molecule has 0 aliphatic rings. The zero-order chi connectivity index (χ0) is 17.1. The van der Waals surface area contributed by atoms with Gasteiger partial charge in [0.05, 0.1) is 24.3 Å². The van der Waals surface area contributed by atoms with E-state index >= 15 is 0 Å². The highest BCUT2D eigenvalue weighted by Gasteiger charge is 2.20. The molecule has 0 fully saturated rings. The molecule has 1 aromatic carbocycles. The Morgan fingerprint density at radius 1 is 0.870 bits per heavy atom. The van der Waals surface area contributed by atoms with Gasteiger partial charge in [0, 0.05) is 0 Å². The highest BCUT2D eigenvalue weighted by molar-refractivity contribution is 6.03. The molecule has 0 amide bonds. The molecule has 0 saturated carbocycles. The van der Waals surface area contributed by atoms with Crippen LogP contribution in [-0.2, 0) is 9.47 Å². The van der Waals surface area contributed by atoms with Crippen molar-refractivity contribution in [1.82, 2.24) is 0 Å². The fourth-order valence-electron chi connectivity index (χ4n) is 2.51. The summed E-state index contributed by atoms with van der Waals surface area (Å²) in [6, 6.07) is 6.66. The smallest absolute Gasteiger partial charge is 0.339 e. The molecule has 4 heteroatoms. The van der Waals surface area contributed by atoms with E-state index in [-0.39, 0.29) is 11.1 Å². The van der Waals surface area contributed by atoms with E-state index in [1.54, 1.807) is 24.3 Å². The molecular formula is C19H28O4. The SMILES string of the molecule is CCCOC(=O)c1ccccc1C(=O)OCC(CCC)CCC. The Hall–Kier alpha value is -1.84. The first-order chi connectivity index (χ1) is 11.1. The number of rotatable bonds is 10. The third-order valence-corrected chi connectivity index (χ3v) is 3.65. The summed E-state index contributed by atoms with van der Waals surface area (Å²) >= 11 is 0. The number of carbonyl (C=O) groups excluding carboxylic acids is 2. The van der Waals surface area contributed by atoms with Gasteiger partial charge in [-0.05, 0) is 37.3 Å². The summed E-state index contributed by atoms with van der Waals surface area (Å²) in [5.41, 5.74) is 0.550. The lowest BCUT2D eigenvalue weighted by atomic mass is 9.99. The maximum atomic E-state index is 12.3. The third kappa shape index (κ3) is 6.43. The third-order valence-electron chi connectivity index (χ3n) is 3.65. The van der Waals surface area contributed by atoms with Crippen LogP contribution in [-0.4, -0.2) is 25.2 Å². The molecule has 0 radical (unpaired) electrons. The van der Waals surface area contributed by atoms with Gasteiger partial charge in [-0.2, -0.15) is 0 Å². The van der Waals surface area contributed by atoms with Crippen LogP contribution in [0.1, 0.15) is 73.6 Å². The number of benzene rings is 1. The van der Waals surface area contributed by atoms with Gasteiger partial charge in [0.25, 0.3) is 0 Å². The fourth-order valence-corrected chi connectivity index (χ4v) is 2.51. The average Bonchev–Trinajstić information content (AvgIpc) is 2.57. The van der Waals surface area contributed by atoms with Crippen molar-refractivity contribution in [3.63, 3.8) is 0 Å². The Morgan fingerprint density at radius 3 is 1.87 bits per heavy atom. The maximum absolute atomic E-state index is 12.3. The van der Waals surface area contributed by atoms with Crippen molar-refractivity contribution in [3.05, 3.63) is 35.4 Å². The molecule has 4 nitrogen and oxygen atoms in total. The highest BCUT2D eigenvalue weighted by atomic mass is 16.5. The fraction of sp³-hybridized carbons (Fsp3) is 0.579. The molecule has 0 aliphatic carbocycles. The van der Waals surface area contributed by atoms with E-state index < -0.39 is 11.9 Å². The second-order valence-electron chi connectivity index (χ2n) is 5.72. The first-order valence-electron chi connectivity index (χ1n) is 8.57. The molecule has 0 atom stereocenters. The molecule has 1 rings (SSSR count). The van der Waals surface area contributed by atoms with Crippen LogP contribution in [0.5, 0.6) is 0 Å². The van der Waals surface area contributed by atoms with Crippen molar-refractivity contribution in [3.8, 4) is 0 Å². The van der Waals surface area contributed by atoms with Gasteiger partial charge in [0.1, 0.15) is 0 Å². The first kappa shape index (κ1) is 19.2. The van der Waals surface area contributed by atoms with Crippen LogP contribution in [0.2, 0.25) is 0 Å². The minimum atomic E-state index is -0.474. The van der Waals surface area contributed by atoms with E-state index in [0.717, 1.165) is 32.1 Å². The first-order valence-corrected chi connectivity index (χ1v) is 8.57. The van der Waals surface area contributed by atoms with Crippen molar-refractivity contribution in [2.75, 3.05) is 13.2 Å². The lowest BCUT2D eigenvalue weighted by Gasteiger charge is -2.16. The number of hydrogen-bond acceptors (Lipinski definition) is 4. The van der Waals surface area contributed by atoms with E-state index in [0.29, 0.717) is 19.1 Å². The molecule has 1 aromatic rings. The highest BCUT2D eigenvalue weighted by Crippen LogP contribution is 2.17. The normalized spacial score (nSPS) is 10.6. The molecule has 0 spiro atoms. The zero-order valence-corrected chi connectivity index (χ0v) is 14.5. The molecule has 0 unspecified atom stereocenters. The Bertz CT molecular complexity index is 490. The second kappa shape index (κ2) is 10.8. The molecule has 23 heavy (non-hydrogen) atoms. The van der Waals surface area contributed by atoms with Gasteiger partial charge in [0.15, 0.2) is 0 Å². The summed E-state index contributed by atoms with van der Waals surface area (Å²) in [6.07, 6.45) is 4.97. The van der Waals surface area contributed by atoms with Crippen molar-refractivity contribution in [2.24, 2.45) is 5.92 Å². The lowest BCUT2D eigenvalue weighted by Crippen LogP contribution is -2.18. The van der Waals surface area contributed by atoms with Crippen molar-refractivity contribution >= 4 is 11.9 Å². The van der Waals surface area contributed by atoms with Crippen LogP contribution in [0.3, 0.4) is 0 Å². The van der Waals surface area contributed by atoms with Crippen molar-refractivity contribution in [2.45, 2.75) is 52.9 Å². The second-order valence-corrected chi connectivity index (χ2v) is 5.72. The van der Waals surface area contributed by atoms with Crippen LogP contribution >= 0.6 is 0 Å². The molecule has 0 bridgehead atoms. The van der Waals surface area contributed by atoms with E-state index in [1.807, 2.05) is 6.92 Å². The number of carbonyl (C=O) groups is 2. The number of hydrogen-bond donors (Lipinski definition) is 0. The van der Waals surface area contributed by atoms with Crippen LogP contribution < -0.4 is 0 Å². The maximum Gasteiger partial charge on any atom is 0.339 e. The molecule has 0 heterocycles. The average molecular weight is 320 g/mol. The standard InChI is InChI=1S/C19H28O4/c1-4-9-15(10-5-2)14-23-19(21)17-12-8-7-11-16(17)18(20)22-13-6-3/h7-8,11-12,15H,4-6,9-10,13-14H2,1-3H3. The van der Waals surface area contributed by atoms with Crippen LogP contribution in [0.4, 0.5) is 0 Å². The van der Waals surface area contributed by atoms with Crippen molar-refractivity contribution in [1.29, 1.82) is 0 Å². The summed E-state index contributed by atoms with van der Waals surface area (Å²) in [7, 11) is 0. The summed E-state index contributed by atoms with van der Waals surface area (Å²) in [6.45, 7) is 6.93. The van der Waals surface area contributed by atoms with Gasteiger partial charge < -0.3 is 9.47 Å². The number of esters is 2.